The van der Waals surface area contributed by atoms with E-state index >= 15 is 0 Å². The smallest absolute Gasteiger partial charge is 0.323 e. The molecule has 2 aliphatic rings. The van der Waals surface area contributed by atoms with E-state index in [4.69, 9.17) is 32.7 Å². The van der Waals surface area contributed by atoms with Gasteiger partial charge in [-0.2, -0.15) is 0 Å². The molecule has 1 fully saturated rings. The third-order valence-electron chi connectivity index (χ3n) is 4.01. The number of rotatable bonds is 2. The Bertz CT molecular complexity index is 834. The van der Waals surface area contributed by atoms with Gasteiger partial charge in [0.25, 0.3) is 0 Å². The standard InChI is InChI=1S/C17H14Cl2N2O3S/c18-11-2-3-13(12(19)8-11)20-17(22)21-5-6-25-16(21)10-1-4-14-15(7-10)24-9-23-14/h1-4,7-8,16H,5-6,9H2,(H,20,22)/t16-/m1/s1. The van der Waals surface area contributed by atoms with Crippen molar-refractivity contribution in [2.45, 2.75) is 5.37 Å². The molecule has 2 amide bonds. The summed E-state index contributed by atoms with van der Waals surface area (Å²) in [5.41, 5.74) is 1.54. The SMILES string of the molecule is O=C(Nc1ccc(Cl)cc1Cl)N1CCS[C@@H]1c1ccc2c(c1)OCO2. The molecule has 25 heavy (non-hydrogen) atoms. The Hall–Kier alpha value is -1.76. The zero-order valence-electron chi connectivity index (χ0n) is 13.0. The molecule has 0 spiro atoms. The summed E-state index contributed by atoms with van der Waals surface area (Å²) < 4.78 is 10.8. The first-order valence-electron chi connectivity index (χ1n) is 7.65. The van der Waals surface area contributed by atoms with Crippen molar-refractivity contribution in [1.82, 2.24) is 4.90 Å². The van der Waals surface area contributed by atoms with Gasteiger partial charge in [0, 0.05) is 17.3 Å². The Kier molecular flexibility index (Phi) is 4.58. The first kappa shape index (κ1) is 16.7. The van der Waals surface area contributed by atoms with Crippen LogP contribution in [0, 0.1) is 0 Å². The highest BCUT2D eigenvalue weighted by molar-refractivity contribution is 7.99. The van der Waals surface area contributed by atoms with Crippen molar-refractivity contribution >= 4 is 46.7 Å². The van der Waals surface area contributed by atoms with Crippen molar-refractivity contribution in [3.05, 3.63) is 52.0 Å². The summed E-state index contributed by atoms with van der Waals surface area (Å²) in [5.74, 6) is 2.31. The van der Waals surface area contributed by atoms with Crippen molar-refractivity contribution in [2.24, 2.45) is 0 Å². The first-order chi connectivity index (χ1) is 12.1. The summed E-state index contributed by atoms with van der Waals surface area (Å²) in [6, 6.07) is 10.6. The highest BCUT2D eigenvalue weighted by Gasteiger charge is 2.32. The van der Waals surface area contributed by atoms with Gasteiger partial charge in [-0.3, -0.25) is 0 Å². The molecule has 2 aliphatic heterocycles. The molecule has 8 heteroatoms. The fraction of sp³-hybridized carbons (Fsp3) is 0.235. The van der Waals surface area contributed by atoms with Crippen LogP contribution in [0.3, 0.4) is 0 Å². The molecule has 4 rings (SSSR count). The third kappa shape index (κ3) is 3.34. The Morgan fingerprint density at radius 3 is 2.84 bits per heavy atom. The van der Waals surface area contributed by atoms with Crippen LogP contribution in [0.4, 0.5) is 10.5 Å². The predicted octanol–water partition coefficient (Wildman–Crippen LogP) is 5.00. The van der Waals surface area contributed by atoms with Crippen LogP contribution >= 0.6 is 35.0 Å². The highest BCUT2D eigenvalue weighted by Crippen LogP contribution is 2.42. The van der Waals surface area contributed by atoms with Crippen molar-refractivity contribution in [3.8, 4) is 11.5 Å². The molecule has 5 nitrogen and oxygen atoms in total. The minimum Gasteiger partial charge on any atom is -0.454 e. The summed E-state index contributed by atoms with van der Waals surface area (Å²) in [5, 5.41) is 3.71. The number of nitrogens with one attached hydrogen (secondary N) is 1. The van der Waals surface area contributed by atoms with Crippen LogP contribution in [0.2, 0.25) is 10.0 Å². The fourth-order valence-corrected chi connectivity index (χ4v) is 4.50. The fourth-order valence-electron chi connectivity index (χ4n) is 2.80. The number of nitrogens with zero attached hydrogens (tertiary/aromatic N) is 1. The van der Waals surface area contributed by atoms with E-state index in [-0.39, 0.29) is 18.2 Å². The van der Waals surface area contributed by atoms with Gasteiger partial charge in [-0.15, -0.1) is 11.8 Å². The second-order valence-electron chi connectivity index (χ2n) is 5.58. The molecule has 130 valence electrons. The molecular weight excluding hydrogens is 383 g/mol. The largest absolute Gasteiger partial charge is 0.454 e. The molecule has 2 aromatic rings. The molecule has 0 saturated carbocycles. The maximum Gasteiger partial charge on any atom is 0.323 e. The van der Waals surface area contributed by atoms with Crippen LogP contribution in [-0.2, 0) is 0 Å². The average Bonchev–Trinajstić information content (AvgIpc) is 3.25. The van der Waals surface area contributed by atoms with E-state index in [1.54, 1.807) is 34.9 Å². The van der Waals surface area contributed by atoms with Gasteiger partial charge in [0.15, 0.2) is 11.5 Å². The molecule has 2 aromatic carbocycles. The Morgan fingerprint density at radius 1 is 1.16 bits per heavy atom. The molecule has 1 saturated heterocycles. The first-order valence-corrected chi connectivity index (χ1v) is 9.46. The van der Waals surface area contributed by atoms with Crippen LogP contribution in [0.1, 0.15) is 10.9 Å². The van der Waals surface area contributed by atoms with E-state index < -0.39 is 0 Å². The molecule has 1 N–H and O–H groups in total. The second-order valence-corrected chi connectivity index (χ2v) is 7.62. The number of carbonyl (C=O) groups excluding carboxylic acids is 1. The van der Waals surface area contributed by atoms with Gasteiger partial charge in [0.1, 0.15) is 5.37 Å². The van der Waals surface area contributed by atoms with E-state index in [1.807, 2.05) is 18.2 Å². The summed E-state index contributed by atoms with van der Waals surface area (Å²) in [6.07, 6.45) is 0. The van der Waals surface area contributed by atoms with E-state index in [9.17, 15) is 4.79 Å². The summed E-state index contributed by atoms with van der Waals surface area (Å²) in [7, 11) is 0. The lowest BCUT2D eigenvalue weighted by atomic mass is 10.2. The molecule has 2 heterocycles. The van der Waals surface area contributed by atoms with Crippen molar-refractivity contribution in [1.29, 1.82) is 0 Å². The van der Waals surface area contributed by atoms with Crippen LogP contribution in [0.5, 0.6) is 11.5 Å². The van der Waals surface area contributed by atoms with Gasteiger partial charge in [-0.25, -0.2) is 4.79 Å². The molecule has 0 unspecified atom stereocenters. The monoisotopic (exact) mass is 396 g/mol. The lowest BCUT2D eigenvalue weighted by molar-refractivity contribution is 0.174. The maximum atomic E-state index is 12.7. The van der Waals surface area contributed by atoms with Crippen LogP contribution in [0.25, 0.3) is 0 Å². The minimum absolute atomic E-state index is 0.0828. The van der Waals surface area contributed by atoms with Crippen LogP contribution in [-0.4, -0.2) is 30.0 Å². The van der Waals surface area contributed by atoms with E-state index in [0.717, 1.165) is 17.1 Å². The maximum absolute atomic E-state index is 12.7. The zero-order valence-corrected chi connectivity index (χ0v) is 15.3. The Balaban J connectivity index is 1.53. The molecule has 0 bridgehead atoms. The molecule has 0 aliphatic carbocycles. The summed E-state index contributed by atoms with van der Waals surface area (Å²) in [6.45, 7) is 0.886. The number of amides is 2. The van der Waals surface area contributed by atoms with Crippen molar-refractivity contribution in [2.75, 3.05) is 24.4 Å². The normalized spacial score (nSPS) is 18.5. The summed E-state index contributed by atoms with van der Waals surface area (Å²) >= 11 is 13.8. The number of anilines is 1. The van der Waals surface area contributed by atoms with Gasteiger partial charge in [0.05, 0.1) is 10.7 Å². The number of thioether (sulfide) groups is 1. The number of hydrogen-bond donors (Lipinski definition) is 1. The lowest BCUT2D eigenvalue weighted by Crippen LogP contribution is -2.34. The molecule has 1 atom stereocenters. The predicted molar refractivity (Wildman–Crippen MR) is 100.0 cm³/mol. The molecule has 0 radical (unpaired) electrons. The summed E-state index contributed by atoms with van der Waals surface area (Å²) in [4.78, 5) is 14.5. The van der Waals surface area contributed by atoms with E-state index in [1.165, 1.54) is 0 Å². The van der Waals surface area contributed by atoms with Crippen LogP contribution in [0.15, 0.2) is 36.4 Å². The molecular formula is C17H14Cl2N2O3S. The van der Waals surface area contributed by atoms with E-state index in [0.29, 0.717) is 28.0 Å². The Labute approximate surface area is 159 Å². The van der Waals surface area contributed by atoms with Crippen LogP contribution < -0.4 is 14.8 Å². The topological polar surface area (TPSA) is 50.8 Å². The highest BCUT2D eigenvalue weighted by atomic mass is 35.5. The third-order valence-corrected chi connectivity index (χ3v) is 5.81. The van der Waals surface area contributed by atoms with Gasteiger partial charge in [0.2, 0.25) is 6.79 Å². The number of urea groups is 1. The quantitative estimate of drug-likeness (QED) is 0.775. The van der Waals surface area contributed by atoms with Crippen molar-refractivity contribution < 1.29 is 14.3 Å². The average molecular weight is 397 g/mol. The van der Waals surface area contributed by atoms with Gasteiger partial charge >= 0.3 is 6.03 Å². The number of carbonyl (C=O) groups is 1. The number of hydrogen-bond acceptors (Lipinski definition) is 4. The van der Waals surface area contributed by atoms with E-state index in [2.05, 4.69) is 5.32 Å². The lowest BCUT2D eigenvalue weighted by Gasteiger charge is -2.24. The number of ether oxygens (including phenoxy) is 2. The second kappa shape index (κ2) is 6.86. The van der Waals surface area contributed by atoms with Gasteiger partial charge in [-0.1, -0.05) is 29.3 Å². The number of fused-ring (bicyclic) bond motifs is 1. The number of benzene rings is 2. The minimum atomic E-state index is -0.197. The zero-order chi connectivity index (χ0) is 17.4. The van der Waals surface area contributed by atoms with Crippen molar-refractivity contribution in [3.63, 3.8) is 0 Å². The van der Waals surface area contributed by atoms with Gasteiger partial charge in [-0.05, 0) is 35.9 Å². The Morgan fingerprint density at radius 2 is 2.00 bits per heavy atom. The molecule has 0 aromatic heterocycles. The van der Waals surface area contributed by atoms with Gasteiger partial charge < -0.3 is 19.7 Å². The number of halogens is 2.